The van der Waals surface area contributed by atoms with Crippen LogP contribution in [0.25, 0.3) is 22.4 Å². The summed E-state index contributed by atoms with van der Waals surface area (Å²) in [5, 5.41) is 3.80. The molecule has 3 aromatic rings. The van der Waals surface area contributed by atoms with Crippen molar-refractivity contribution in [3.05, 3.63) is 47.8 Å². The number of nitrogens with zero attached hydrogens (tertiary/aromatic N) is 2. The van der Waals surface area contributed by atoms with E-state index < -0.39 is 9.84 Å². The Morgan fingerprint density at radius 2 is 1.83 bits per heavy atom. The number of imidazole rings is 1. The van der Waals surface area contributed by atoms with E-state index in [0.29, 0.717) is 34.5 Å². The first-order chi connectivity index (χ1) is 16.7. The van der Waals surface area contributed by atoms with Crippen molar-refractivity contribution >= 4 is 20.9 Å². The van der Waals surface area contributed by atoms with E-state index in [1.54, 1.807) is 24.3 Å². The van der Waals surface area contributed by atoms with Crippen LogP contribution in [-0.2, 0) is 9.84 Å². The van der Waals surface area contributed by atoms with Gasteiger partial charge in [0.1, 0.15) is 11.3 Å². The first-order valence-electron chi connectivity index (χ1n) is 12.7. The molecule has 2 N–H and O–H groups in total. The number of hydrogen-bond acceptors (Lipinski definition) is 5. The molecule has 2 aromatic carbocycles. The second-order valence-electron chi connectivity index (χ2n) is 11.1. The molecule has 0 amide bonds. The number of halogens is 1. The monoisotopic (exact) mass is 496 g/mol. The highest BCUT2D eigenvalue weighted by Crippen LogP contribution is 2.40. The van der Waals surface area contributed by atoms with Crippen molar-refractivity contribution < 1.29 is 12.8 Å². The van der Waals surface area contributed by atoms with Crippen molar-refractivity contribution in [3.63, 3.8) is 0 Å². The molecular weight excluding hydrogens is 463 g/mol. The summed E-state index contributed by atoms with van der Waals surface area (Å²) in [6.45, 7) is 4.41. The van der Waals surface area contributed by atoms with Gasteiger partial charge in [-0.25, -0.2) is 17.8 Å². The van der Waals surface area contributed by atoms with Crippen molar-refractivity contribution in [2.24, 2.45) is 0 Å². The third-order valence-electron chi connectivity index (χ3n) is 8.50. The number of rotatable bonds is 4. The smallest absolute Gasteiger partial charge is 0.175 e. The van der Waals surface area contributed by atoms with Crippen molar-refractivity contribution in [2.45, 2.75) is 73.9 Å². The predicted molar refractivity (Wildman–Crippen MR) is 136 cm³/mol. The summed E-state index contributed by atoms with van der Waals surface area (Å²) in [7, 11) is -3.27. The Kier molecular flexibility index (Phi) is 5.54. The van der Waals surface area contributed by atoms with Crippen LogP contribution in [0, 0.1) is 5.82 Å². The van der Waals surface area contributed by atoms with Gasteiger partial charge in [0.25, 0.3) is 0 Å². The SMILES string of the molecule is CC12CCC(CC(N3CCC(c4ccc5[nH]c(-c6ccc(S(C)(=O)=O)cc6)nc5c4F)CC3)C1)N2. The first kappa shape index (κ1) is 23.1. The van der Waals surface area contributed by atoms with E-state index in [-0.39, 0.29) is 16.6 Å². The molecule has 8 heteroatoms. The molecule has 3 aliphatic rings. The van der Waals surface area contributed by atoms with Gasteiger partial charge < -0.3 is 15.2 Å². The average Bonchev–Trinajstić information content (AvgIpc) is 3.39. The number of fused-ring (bicyclic) bond motifs is 3. The Labute approximate surface area is 206 Å². The van der Waals surface area contributed by atoms with Crippen molar-refractivity contribution in [2.75, 3.05) is 19.3 Å². The number of benzene rings is 2. The van der Waals surface area contributed by atoms with Gasteiger partial charge in [0.15, 0.2) is 15.7 Å². The molecule has 3 aliphatic heterocycles. The molecule has 0 saturated carbocycles. The molecule has 1 aromatic heterocycles. The number of piperidine rings is 2. The first-order valence-corrected chi connectivity index (χ1v) is 14.6. The van der Waals surface area contributed by atoms with Gasteiger partial charge in [0, 0.05) is 29.4 Å². The Bertz CT molecular complexity index is 1360. The molecule has 2 bridgehead atoms. The lowest BCUT2D eigenvalue weighted by molar-refractivity contribution is 0.0910. The second kappa shape index (κ2) is 8.39. The summed E-state index contributed by atoms with van der Waals surface area (Å²) in [4.78, 5) is 10.6. The highest BCUT2D eigenvalue weighted by atomic mass is 32.2. The van der Waals surface area contributed by atoms with Crippen LogP contribution in [0.3, 0.4) is 0 Å². The molecule has 3 atom stereocenters. The van der Waals surface area contributed by atoms with Crippen LogP contribution in [0.5, 0.6) is 0 Å². The second-order valence-corrected chi connectivity index (χ2v) is 13.1. The summed E-state index contributed by atoms with van der Waals surface area (Å²) < 4.78 is 39.1. The summed E-state index contributed by atoms with van der Waals surface area (Å²) >= 11 is 0. The van der Waals surface area contributed by atoms with E-state index in [1.165, 1.54) is 31.9 Å². The fourth-order valence-corrected chi connectivity index (χ4v) is 7.25. The van der Waals surface area contributed by atoms with Crippen LogP contribution in [0.15, 0.2) is 41.3 Å². The number of hydrogen-bond donors (Lipinski definition) is 2. The van der Waals surface area contributed by atoms with Crippen LogP contribution in [0.4, 0.5) is 4.39 Å². The lowest BCUT2D eigenvalue weighted by Gasteiger charge is -2.44. The standard InChI is InChI=1S/C27H33FN4O2S/c1-27-12-9-19(31-27)15-20(16-27)32-13-10-17(11-14-32)22-7-8-23-25(24(22)28)30-26(29-23)18-3-5-21(6-4-18)35(2,33)34/h3-8,17,19-20,31H,9-16H2,1-2H3,(H,29,30). The van der Waals surface area contributed by atoms with Gasteiger partial charge in [-0.3, -0.25) is 0 Å². The molecule has 0 aliphatic carbocycles. The van der Waals surface area contributed by atoms with E-state index in [2.05, 4.69) is 27.1 Å². The molecule has 35 heavy (non-hydrogen) atoms. The van der Waals surface area contributed by atoms with Crippen LogP contribution in [-0.4, -0.2) is 60.3 Å². The summed E-state index contributed by atoms with van der Waals surface area (Å²) in [6.07, 6.45) is 8.15. The number of sulfone groups is 1. The van der Waals surface area contributed by atoms with Crippen LogP contribution in [0.1, 0.15) is 56.9 Å². The van der Waals surface area contributed by atoms with Gasteiger partial charge >= 0.3 is 0 Å². The minimum atomic E-state index is -3.27. The summed E-state index contributed by atoms with van der Waals surface area (Å²) in [6, 6.07) is 11.7. The van der Waals surface area contributed by atoms with Crippen LogP contribution >= 0.6 is 0 Å². The number of H-pyrrole nitrogens is 1. The number of aromatic nitrogens is 2. The maximum atomic E-state index is 15.6. The van der Waals surface area contributed by atoms with Gasteiger partial charge in [0.2, 0.25) is 0 Å². The molecule has 3 saturated heterocycles. The number of nitrogens with one attached hydrogen (secondary N) is 2. The van der Waals surface area contributed by atoms with Gasteiger partial charge in [-0.2, -0.15) is 0 Å². The molecule has 3 unspecified atom stereocenters. The highest BCUT2D eigenvalue weighted by Gasteiger charge is 2.44. The molecule has 6 nitrogen and oxygen atoms in total. The van der Waals surface area contributed by atoms with Gasteiger partial charge in [-0.05, 0) is 100 Å². The molecule has 6 rings (SSSR count). The molecule has 186 valence electrons. The van der Waals surface area contributed by atoms with E-state index in [9.17, 15) is 8.42 Å². The zero-order valence-corrected chi connectivity index (χ0v) is 21.2. The largest absolute Gasteiger partial charge is 0.338 e. The van der Waals surface area contributed by atoms with E-state index in [0.717, 1.165) is 37.1 Å². The van der Waals surface area contributed by atoms with E-state index in [1.807, 2.05) is 12.1 Å². The minimum absolute atomic E-state index is 0.207. The fraction of sp³-hybridized carbons (Fsp3) is 0.519. The lowest BCUT2D eigenvalue weighted by atomic mass is 9.84. The number of likely N-dealkylation sites (tertiary alicyclic amines) is 1. The predicted octanol–water partition coefficient (Wildman–Crippen LogP) is 4.63. The van der Waals surface area contributed by atoms with E-state index >= 15 is 4.39 Å². The average molecular weight is 497 g/mol. The molecule has 4 heterocycles. The summed E-state index contributed by atoms with van der Waals surface area (Å²) in [5.74, 6) is 0.516. The Morgan fingerprint density at radius 1 is 1.09 bits per heavy atom. The molecule has 3 fully saturated rings. The third kappa shape index (κ3) is 4.30. The summed E-state index contributed by atoms with van der Waals surface area (Å²) in [5.41, 5.74) is 2.80. The van der Waals surface area contributed by atoms with Crippen LogP contribution in [0.2, 0.25) is 0 Å². The quantitative estimate of drug-likeness (QED) is 0.551. The van der Waals surface area contributed by atoms with Gasteiger partial charge in [-0.1, -0.05) is 6.07 Å². The zero-order valence-electron chi connectivity index (χ0n) is 20.4. The topological polar surface area (TPSA) is 78.1 Å². The third-order valence-corrected chi connectivity index (χ3v) is 9.63. The Morgan fingerprint density at radius 3 is 2.51 bits per heavy atom. The highest BCUT2D eigenvalue weighted by molar-refractivity contribution is 7.90. The van der Waals surface area contributed by atoms with E-state index in [4.69, 9.17) is 0 Å². The van der Waals surface area contributed by atoms with Crippen LogP contribution < -0.4 is 5.32 Å². The van der Waals surface area contributed by atoms with Gasteiger partial charge in [-0.15, -0.1) is 0 Å². The molecule has 0 spiro atoms. The lowest BCUT2D eigenvalue weighted by Crippen LogP contribution is -2.55. The minimum Gasteiger partial charge on any atom is -0.338 e. The number of aromatic amines is 1. The fourth-order valence-electron chi connectivity index (χ4n) is 6.62. The molecular formula is C27H33FN4O2S. The van der Waals surface area contributed by atoms with Crippen molar-refractivity contribution in [1.29, 1.82) is 0 Å². The molecule has 0 radical (unpaired) electrons. The maximum Gasteiger partial charge on any atom is 0.175 e. The van der Waals surface area contributed by atoms with Gasteiger partial charge in [0.05, 0.1) is 10.4 Å². The normalized spacial score (nSPS) is 28.1. The Hall–Kier alpha value is -2.29. The maximum absolute atomic E-state index is 15.6. The van der Waals surface area contributed by atoms with Crippen molar-refractivity contribution in [3.8, 4) is 11.4 Å². The van der Waals surface area contributed by atoms with Crippen molar-refractivity contribution in [1.82, 2.24) is 20.2 Å². The Balaban J connectivity index is 1.19. The zero-order chi connectivity index (χ0) is 24.4.